The number of hydrogen-bond donors (Lipinski definition) is 1. The quantitative estimate of drug-likeness (QED) is 0.645. The monoisotopic (exact) mass is 289 g/mol. The smallest absolute Gasteiger partial charge is 0.189 e. The third kappa shape index (κ3) is 3.37. The molecule has 0 radical (unpaired) electrons. The Morgan fingerprint density at radius 1 is 1.38 bits per heavy atom. The van der Waals surface area contributed by atoms with Crippen LogP contribution in [0.1, 0.15) is 12.5 Å². The molecule has 0 aromatic heterocycles. The predicted octanol–water partition coefficient (Wildman–Crippen LogP) is 2.29. The molecule has 0 unspecified atom stereocenters. The molecule has 1 aromatic carbocycles. The Hall–Kier alpha value is -0.780. The lowest BCUT2D eigenvalue weighted by Gasteiger charge is -2.13. The van der Waals surface area contributed by atoms with E-state index >= 15 is 0 Å². The normalized spacial score (nSPS) is 10.2. The van der Waals surface area contributed by atoms with Crippen LogP contribution in [0.4, 0.5) is 0 Å². The highest BCUT2D eigenvalue weighted by atomic mass is 79.9. The van der Waals surface area contributed by atoms with Gasteiger partial charge >= 0.3 is 0 Å². The first kappa shape index (κ1) is 13.3. The van der Waals surface area contributed by atoms with Gasteiger partial charge in [-0.2, -0.15) is 0 Å². The van der Waals surface area contributed by atoms with Gasteiger partial charge < -0.3 is 19.9 Å². The zero-order chi connectivity index (χ0) is 12.0. The lowest BCUT2D eigenvalue weighted by atomic mass is 10.2. The van der Waals surface area contributed by atoms with Crippen LogP contribution in [0, 0.1) is 0 Å². The van der Waals surface area contributed by atoms with E-state index in [1.807, 2.05) is 19.1 Å². The average molecular weight is 290 g/mol. The largest absolute Gasteiger partial charge is 0.493 e. The summed E-state index contributed by atoms with van der Waals surface area (Å²) in [5.41, 5.74) is 6.55. The second-order valence-corrected chi connectivity index (χ2v) is 3.92. The summed E-state index contributed by atoms with van der Waals surface area (Å²) in [6, 6.07) is 3.76. The van der Waals surface area contributed by atoms with Crippen molar-refractivity contribution in [2.75, 3.05) is 20.5 Å². The van der Waals surface area contributed by atoms with Gasteiger partial charge in [-0.25, -0.2) is 0 Å². The van der Waals surface area contributed by atoms with Gasteiger partial charge in [0, 0.05) is 13.2 Å². The van der Waals surface area contributed by atoms with E-state index in [0.29, 0.717) is 24.7 Å². The molecule has 0 aliphatic carbocycles. The number of ether oxygens (including phenoxy) is 3. The third-order valence-electron chi connectivity index (χ3n) is 2.02. The summed E-state index contributed by atoms with van der Waals surface area (Å²) < 4.78 is 16.6. The van der Waals surface area contributed by atoms with Gasteiger partial charge in [0.2, 0.25) is 0 Å². The predicted molar refractivity (Wildman–Crippen MR) is 65.7 cm³/mol. The van der Waals surface area contributed by atoms with Crippen LogP contribution < -0.4 is 15.2 Å². The molecule has 0 amide bonds. The topological polar surface area (TPSA) is 53.7 Å². The fraction of sp³-hybridized carbons (Fsp3) is 0.455. The van der Waals surface area contributed by atoms with Gasteiger partial charge in [0.05, 0.1) is 11.6 Å². The maximum absolute atomic E-state index is 5.57. The molecule has 16 heavy (non-hydrogen) atoms. The minimum absolute atomic E-state index is 0.202. The zero-order valence-corrected chi connectivity index (χ0v) is 11.0. The van der Waals surface area contributed by atoms with Crippen LogP contribution in [0.2, 0.25) is 0 Å². The van der Waals surface area contributed by atoms with Crippen molar-refractivity contribution in [3.63, 3.8) is 0 Å². The molecule has 5 heteroatoms. The van der Waals surface area contributed by atoms with E-state index in [1.54, 1.807) is 7.11 Å². The van der Waals surface area contributed by atoms with Crippen LogP contribution in [-0.4, -0.2) is 20.5 Å². The molecule has 1 aromatic rings. The summed E-state index contributed by atoms with van der Waals surface area (Å²) >= 11 is 3.42. The fourth-order valence-electron chi connectivity index (χ4n) is 1.22. The van der Waals surface area contributed by atoms with Crippen LogP contribution in [0.15, 0.2) is 16.6 Å². The minimum Gasteiger partial charge on any atom is -0.493 e. The van der Waals surface area contributed by atoms with Crippen LogP contribution in [-0.2, 0) is 11.3 Å². The van der Waals surface area contributed by atoms with E-state index in [0.717, 1.165) is 10.0 Å². The maximum atomic E-state index is 5.57. The van der Waals surface area contributed by atoms with Gasteiger partial charge in [-0.15, -0.1) is 0 Å². The van der Waals surface area contributed by atoms with E-state index in [-0.39, 0.29) is 6.79 Å². The van der Waals surface area contributed by atoms with Crippen molar-refractivity contribution >= 4 is 15.9 Å². The van der Waals surface area contributed by atoms with Crippen LogP contribution in [0.3, 0.4) is 0 Å². The average Bonchev–Trinajstić information content (AvgIpc) is 2.30. The van der Waals surface area contributed by atoms with E-state index < -0.39 is 0 Å². The molecule has 0 spiro atoms. The first-order valence-corrected chi connectivity index (χ1v) is 5.79. The Kier molecular flexibility index (Phi) is 5.59. The summed E-state index contributed by atoms with van der Waals surface area (Å²) in [4.78, 5) is 0. The highest BCUT2D eigenvalue weighted by molar-refractivity contribution is 9.10. The van der Waals surface area contributed by atoms with Gasteiger partial charge in [-0.1, -0.05) is 0 Å². The number of rotatable bonds is 6. The van der Waals surface area contributed by atoms with Gasteiger partial charge in [0.1, 0.15) is 0 Å². The van der Waals surface area contributed by atoms with E-state index in [2.05, 4.69) is 15.9 Å². The van der Waals surface area contributed by atoms with Crippen molar-refractivity contribution < 1.29 is 14.2 Å². The molecule has 2 N–H and O–H groups in total. The Labute approximate surface area is 104 Å². The molecule has 1 rings (SSSR count). The van der Waals surface area contributed by atoms with E-state index in [1.165, 1.54) is 0 Å². The van der Waals surface area contributed by atoms with E-state index in [4.69, 9.17) is 19.9 Å². The standard InChI is InChI=1S/C11H16BrNO3/c1-3-15-7-16-11-9(12)4-8(6-13)5-10(11)14-2/h4-5H,3,6-7,13H2,1-2H3. The highest BCUT2D eigenvalue weighted by Crippen LogP contribution is 2.36. The molecule has 0 heterocycles. The SMILES string of the molecule is CCOCOc1c(Br)cc(CN)cc1OC. The Balaban J connectivity index is 2.88. The molecule has 0 aliphatic rings. The summed E-state index contributed by atoms with van der Waals surface area (Å²) in [5, 5.41) is 0. The Bertz CT molecular complexity index is 344. The molecule has 0 aliphatic heterocycles. The second kappa shape index (κ2) is 6.73. The number of hydrogen-bond acceptors (Lipinski definition) is 4. The van der Waals surface area contributed by atoms with Crippen molar-refractivity contribution in [2.24, 2.45) is 5.73 Å². The molecule has 90 valence electrons. The van der Waals surface area contributed by atoms with Crippen molar-refractivity contribution in [1.29, 1.82) is 0 Å². The third-order valence-corrected chi connectivity index (χ3v) is 2.60. The van der Waals surface area contributed by atoms with E-state index in [9.17, 15) is 0 Å². The first-order chi connectivity index (χ1) is 7.72. The fourth-order valence-corrected chi connectivity index (χ4v) is 1.82. The Morgan fingerprint density at radius 2 is 2.12 bits per heavy atom. The molecule has 0 atom stereocenters. The summed E-state index contributed by atoms with van der Waals surface area (Å²) in [6.45, 7) is 3.18. The van der Waals surface area contributed by atoms with Crippen molar-refractivity contribution in [3.8, 4) is 11.5 Å². The molecular formula is C11H16BrNO3. The van der Waals surface area contributed by atoms with Crippen molar-refractivity contribution in [1.82, 2.24) is 0 Å². The lowest BCUT2D eigenvalue weighted by Crippen LogP contribution is -2.05. The maximum Gasteiger partial charge on any atom is 0.189 e. The number of nitrogens with two attached hydrogens (primary N) is 1. The Morgan fingerprint density at radius 3 is 2.69 bits per heavy atom. The zero-order valence-electron chi connectivity index (χ0n) is 9.46. The molecule has 0 saturated heterocycles. The molecule has 4 nitrogen and oxygen atoms in total. The van der Waals surface area contributed by atoms with Crippen LogP contribution in [0.25, 0.3) is 0 Å². The molecule has 0 bridgehead atoms. The lowest BCUT2D eigenvalue weighted by molar-refractivity contribution is 0.0204. The van der Waals surface area contributed by atoms with Crippen LogP contribution >= 0.6 is 15.9 Å². The first-order valence-electron chi connectivity index (χ1n) is 5.00. The highest BCUT2D eigenvalue weighted by Gasteiger charge is 2.10. The number of methoxy groups -OCH3 is 1. The molecule has 0 saturated carbocycles. The summed E-state index contributed by atoms with van der Waals surface area (Å²) in [7, 11) is 1.59. The van der Waals surface area contributed by atoms with Gasteiger partial charge in [-0.3, -0.25) is 0 Å². The molecule has 0 fully saturated rings. The number of benzene rings is 1. The van der Waals surface area contributed by atoms with Crippen molar-refractivity contribution in [3.05, 3.63) is 22.2 Å². The summed E-state index contributed by atoms with van der Waals surface area (Å²) in [5.74, 6) is 1.28. The van der Waals surface area contributed by atoms with Crippen molar-refractivity contribution in [2.45, 2.75) is 13.5 Å². The minimum atomic E-state index is 0.202. The number of halogens is 1. The summed E-state index contributed by atoms with van der Waals surface area (Å²) in [6.07, 6.45) is 0. The van der Waals surface area contributed by atoms with Crippen LogP contribution in [0.5, 0.6) is 11.5 Å². The second-order valence-electron chi connectivity index (χ2n) is 3.07. The molecular weight excluding hydrogens is 274 g/mol. The van der Waals surface area contributed by atoms with Gasteiger partial charge in [-0.05, 0) is 40.5 Å². The van der Waals surface area contributed by atoms with Gasteiger partial charge in [0.15, 0.2) is 18.3 Å². The van der Waals surface area contributed by atoms with Gasteiger partial charge in [0.25, 0.3) is 0 Å².